The Morgan fingerprint density at radius 3 is 2.12 bits per heavy atom. The monoisotopic (exact) mass is 247 g/mol. The van der Waals surface area contributed by atoms with E-state index in [2.05, 4.69) is 4.90 Å². The molecule has 0 saturated carbocycles. The number of unbranched alkanes of at least 4 members (excludes halogenated alkanes) is 1. The summed E-state index contributed by atoms with van der Waals surface area (Å²) in [4.78, 5) is 2.32. The topological polar surface area (TPSA) is 46.8 Å². The molecule has 2 saturated heterocycles. The van der Waals surface area contributed by atoms with Gasteiger partial charge in [-0.2, -0.15) is 0 Å². The lowest BCUT2D eigenvalue weighted by atomic mass is 10.3. The van der Waals surface area contributed by atoms with Gasteiger partial charge in [0.15, 0.2) is 0 Å². The molecule has 0 bridgehead atoms. The quantitative estimate of drug-likeness (QED) is 0.333. The van der Waals surface area contributed by atoms with Gasteiger partial charge in [0.05, 0.1) is 13.2 Å². The summed E-state index contributed by atoms with van der Waals surface area (Å²) in [6.45, 7) is 2.80. The average molecular weight is 247 g/mol. The van der Waals surface area contributed by atoms with Crippen molar-refractivity contribution in [1.29, 1.82) is 0 Å². The summed E-state index contributed by atoms with van der Waals surface area (Å²) in [5, 5.41) is 0. The number of ether oxygens (including phenoxy) is 2. The van der Waals surface area contributed by atoms with Gasteiger partial charge < -0.3 is 18.3 Å². The Hall–Kier alpha value is 0.0169. The van der Waals surface area contributed by atoms with Crippen LogP contribution in [0.1, 0.15) is 12.8 Å². The van der Waals surface area contributed by atoms with Gasteiger partial charge >= 0.3 is 9.28 Å². The zero-order chi connectivity index (χ0) is 11.4. The Balaban J connectivity index is 1.55. The molecular formula is C10H21NO4Si. The third-order valence-corrected chi connectivity index (χ3v) is 4.93. The van der Waals surface area contributed by atoms with Crippen LogP contribution < -0.4 is 0 Å². The van der Waals surface area contributed by atoms with Crippen LogP contribution >= 0.6 is 0 Å². The van der Waals surface area contributed by atoms with E-state index >= 15 is 0 Å². The van der Waals surface area contributed by atoms with Crippen molar-refractivity contribution < 1.29 is 18.3 Å². The second kappa shape index (κ2) is 6.09. The molecule has 0 amide bonds. The molecule has 0 spiro atoms. The number of hydrogen-bond donors (Lipinski definition) is 0. The van der Waals surface area contributed by atoms with Crippen molar-refractivity contribution in [3.8, 4) is 0 Å². The van der Waals surface area contributed by atoms with E-state index in [1.807, 2.05) is 0 Å². The Morgan fingerprint density at radius 1 is 1.12 bits per heavy atom. The first-order chi connectivity index (χ1) is 7.85. The summed E-state index contributed by atoms with van der Waals surface area (Å²) >= 11 is 0. The largest absolute Gasteiger partial charge is 0.400 e. The van der Waals surface area contributed by atoms with Gasteiger partial charge in [0.2, 0.25) is 0 Å². The second-order valence-corrected chi connectivity index (χ2v) is 6.59. The fraction of sp³-hybridized carbons (Fsp3) is 1.00. The number of nitrogens with zero attached hydrogens (tertiary/aromatic N) is 1. The summed E-state index contributed by atoms with van der Waals surface area (Å²) in [5.74, 6) is 0. The van der Waals surface area contributed by atoms with Gasteiger partial charge in [-0.15, -0.1) is 0 Å². The standard InChI is InChI=1S/C10H21NO4Si/c1-12-16(13-2)6-4-3-5-11(9-7-14-9)10-8-15-10/h9-10,16H,3-8H2,1-2H3. The highest BCUT2D eigenvalue weighted by molar-refractivity contribution is 6.44. The SMILES string of the molecule is CO[SiH](CCCCN(C1CO1)C1CO1)OC. The van der Waals surface area contributed by atoms with E-state index in [1.54, 1.807) is 14.2 Å². The zero-order valence-electron chi connectivity index (χ0n) is 10.1. The zero-order valence-corrected chi connectivity index (χ0v) is 11.2. The first-order valence-corrected chi connectivity index (χ1v) is 7.65. The molecule has 5 nitrogen and oxygen atoms in total. The summed E-state index contributed by atoms with van der Waals surface area (Å²) < 4.78 is 21.2. The van der Waals surface area contributed by atoms with Crippen LogP contribution in [0.5, 0.6) is 0 Å². The summed E-state index contributed by atoms with van der Waals surface area (Å²) in [6.07, 6.45) is 2.97. The van der Waals surface area contributed by atoms with Crippen LogP contribution in [-0.4, -0.2) is 60.6 Å². The number of rotatable bonds is 9. The number of epoxide rings is 2. The highest BCUT2D eigenvalue weighted by Crippen LogP contribution is 2.25. The molecule has 2 unspecified atom stereocenters. The Morgan fingerprint density at radius 2 is 1.69 bits per heavy atom. The molecule has 2 heterocycles. The van der Waals surface area contributed by atoms with Crippen molar-refractivity contribution in [3.63, 3.8) is 0 Å². The first kappa shape index (κ1) is 12.5. The third-order valence-electron chi connectivity index (χ3n) is 3.00. The highest BCUT2D eigenvalue weighted by Gasteiger charge is 2.41. The van der Waals surface area contributed by atoms with E-state index in [-0.39, 0.29) is 0 Å². The molecule has 16 heavy (non-hydrogen) atoms. The van der Waals surface area contributed by atoms with Crippen LogP contribution in [0.2, 0.25) is 6.04 Å². The predicted octanol–water partition coefficient (Wildman–Crippen LogP) is 0.294. The van der Waals surface area contributed by atoms with E-state index in [0.29, 0.717) is 12.5 Å². The molecule has 2 atom stereocenters. The second-order valence-electron chi connectivity index (χ2n) is 4.21. The fourth-order valence-electron chi connectivity index (χ4n) is 1.88. The van der Waals surface area contributed by atoms with E-state index < -0.39 is 9.28 Å². The summed E-state index contributed by atoms with van der Waals surface area (Å²) in [6, 6.07) is 1.08. The molecule has 0 aromatic carbocycles. The van der Waals surface area contributed by atoms with Crippen LogP contribution in [0.15, 0.2) is 0 Å². The molecule has 0 N–H and O–H groups in total. The van der Waals surface area contributed by atoms with Crippen molar-refractivity contribution in [3.05, 3.63) is 0 Å². The lowest BCUT2D eigenvalue weighted by Gasteiger charge is -2.17. The van der Waals surface area contributed by atoms with Gasteiger partial charge in [0.1, 0.15) is 12.5 Å². The highest BCUT2D eigenvalue weighted by atomic mass is 28.3. The minimum absolute atomic E-state index is 0.324. The summed E-state index contributed by atoms with van der Waals surface area (Å²) in [7, 11) is 2.12. The van der Waals surface area contributed by atoms with Crippen LogP contribution in [0.25, 0.3) is 0 Å². The van der Waals surface area contributed by atoms with Gasteiger partial charge in [0.25, 0.3) is 0 Å². The molecular weight excluding hydrogens is 226 g/mol. The normalized spacial score (nSPS) is 27.8. The van der Waals surface area contributed by atoms with Crippen molar-refractivity contribution >= 4 is 9.28 Å². The lowest BCUT2D eigenvalue weighted by Crippen LogP contribution is -2.31. The molecule has 2 aliphatic rings. The van der Waals surface area contributed by atoms with Crippen LogP contribution in [0.4, 0.5) is 0 Å². The van der Waals surface area contributed by atoms with E-state index in [9.17, 15) is 0 Å². The Kier molecular flexibility index (Phi) is 4.74. The van der Waals surface area contributed by atoms with Crippen LogP contribution in [0.3, 0.4) is 0 Å². The maximum Gasteiger partial charge on any atom is 0.320 e. The smallest absolute Gasteiger partial charge is 0.320 e. The average Bonchev–Trinajstić information content (AvgIpc) is 3.17. The minimum Gasteiger partial charge on any atom is -0.400 e. The van der Waals surface area contributed by atoms with Gasteiger partial charge in [-0.3, -0.25) is 0 Å². The van der Waals surface area contributed by atoms with Crippen molar-refractivity contribution in [2.45, 2.75) is 31.3 Å². The molecule has 0 aromatic heterocycles. The molecule has 2 rings (SSSR count). The molecule has 0 radical (unpaired) electrons. The Labute approximate surface area is 98.5 Å². The van der Waals surface area contributed by atoms with Crippen molar-refractivity contribution in [1.82, 2.24) is 4.90 Å². The third kappa shape index (κ3) is 3.79. The number of hydrogen-bond acceptors (Lipinski definition) is 5. The molecule has 6 heteroatoms. The minimum atomic E-state index is -1.35. The van der Waals surface area contributed by atoms with Gasteiger partial charge in [-0.05, 0) is 12.5 Å². The van der Waals surface area contributed by atoms with Gasteiger partial charge in [0, 0.05) is 20.8 Å². The van der Waals surface area contributed by atoms with Crippen LogP contribution in [0, 0.1) is 0 Å². The van der Waals surface area contributed by atoms with E-state index in [1.165, 1.54) is 0 Å². The molecule has 94 valence electrons. The predicted molar refractivity (Wildman–Crippen MR) is 61.4 cm³/mol. The van der Waals surface area contributed by atoms with Crippen LogP contribution in [-0.2, 0) is 18.3 Å². The van der Waals surface area contributed by atoms with Gasteiger partial charge in [-0.1, -0.05) is 6.42 Å². The van der Waals surface area contributed by atoms with E-state index in [0.717, 1.165) is 38.6 Å². The Bertz CT molecular complexity index is 195. The fourth-order valence-corrected chi connectivity index (χ4v) is 3.17. The van der Waals surface area contributed by atoms with Crippen molar-refractivity contribution in [2.24, 2.45) is 0 Å². The lowest BCUT2D eigenvalue weighted by molar-refractivity contribution is 0.111. The molecule has 2 aliphatic heterocycles. The molecule has 0 aliphatic carbocycles. The van der Waals surface area contributed by atoms with Crippen molar-refractivity contribution in [2.75, 3.05) is 34.0 Å². The molecule has 0 aromatic rings. The van der Waals surface area contributed by atoms with E-state index in [4.69, 9.17) is 18.3 Å². The van der Waals surface area contributed by atoms with Gasteiger partial charge in [-0.25, -0.2) is 4.90 Å². The first-order valence-electron chi connectivity index (χ1n) is 5.89. The molecule has 2 fully saturated rings. The maximum absolute atomic E-state index is 5.30. The summed E-state index contributed by atoms with van der Waals surface area (Å²) in [5.41, 5.74) is 0. The maximum atomic E-state index is 5.30.